The van der Waals surface area contributed by atoms with E-state index in [4.69, 9.17) is 12.2 Å². The van der Waals surface area contributed by atoms with E-state index in [1.165, 1.54) is 21.9 Å². The van der Waals surface area contributed by atoms with Crippen LogP contribution in [0.4, 0.5) is 4.39 Å². The number of carbonyl (C=O) groups excluding carboxylic acids is 2. The van der Waals surface area contributed by atoms with E-state index in [-0.39, 0.29) is 48.1 Å². The summed E-state index contributed by atoms with van der Waals surface area (Å²) in [6.45, 7) is 0.133. The molecule has 0 spiro atoms. The highest BCUT2D eigenvalue weighted by Gasteiger charge is 2.35. The van der Waals surface area contributed by atoms with Gasteiger partial charge in [-0.3, -0.25) is 14.5 Å². The summed E-state index contributed by atoms with van der Waals surface area (Å²) in [6, 6.07) is 5.43. The van der Waals surface area contributed by atoms with Crippen LogP contribution in [0, 0.1) is 5.82 Å². The average molecular weight is 443 g/mol. The Morgan fingerprint density at radius 2 is 2.07 bits per heavy atom. The van der Waals surface area contributed by atoms with Gasteiger partial charge < -0.3 is 4.90 Å². The van der Waals surface area contributed by atoms with E-state index in [0.29, 0.717) is 21.2 Å². The summed E-state index contributed by atoms with van der Waals surface area (Å²) in [5.74, 6) is -0.797. The monoisotopic (exact) mass is 442 g/mol. The number of thioether (sulfide) groups is 1. The number of rotatable bonds is 5. The highest BCUT2D eigenvalue weighted by molar-refractivity contribution is 8.26. The molecule has 6 nitrogen and oxygen atoms in total. The van der Waals surface area contributed by atoms with Crippen LogP contribution in [0.15, 0.2) is 29.2 Å². The molecule has 0 saturated carbocycles. The van der Waals surface area contributed by atoms with Crippen molar-refractivity contribution in [2.24, 2.45) is 0 Å². The van der Waals surface area contributed by atoms with Gasteiger partial charge in [-0.15, -0.1) is 0 Å². The van der Waals surface area contributed by atoms with Crippen molar-refractivity contribution in [2.75, 3.05) is 25.1 Å². The topological polar surface area (TPSA) is 74.8 Å². The first-order valence-electron chi connectivity index (χ1n) is 8.63. The molecule has 2 aliphatic rings. The maximum Gasteiger partial charge on any atom is 0.266 e. The number of halogens is 1. The molecule has 0 aliphatic carbocycles. The van der Waals surface area contributed by atoms with Crippen LogP contribution in [-0.4, -0.2) is 65.5 Å². The molecule has 28 heavy (non-hydrogen) atoms. The van der Waals surface area contributed by atoms with Gasteiger partial charge in [-0.2, -0.15) is 0 Å². The molecule has 1 atom stereocenters. The van der Waals surface area contributed by atoms with Crippen LogP contribution >= 0.6 is 24.0 Å². The van der Waals surface area contributed by atoms with Crippen molar-refractivity contribution >= 4 is 56.0 Å². The number of carbonyl (C=O) groups is 2. The Balaban J connectivity index is 1.60. The second-order valence-corrected chi connectivity index (χ2v) is 10.6. The molecule has 150 valence electrons. The quantitative estimate of drug-likeness (QED) is 0.513. The maximum atomic E-state index is 13.0. The molecule has 1 aromatic rings. The molecule has 1 unspecified atom stereocenters. The van der Waals surface area contributed by atoms with Crippen LogP contribution < -0.4 is 0 Å². The van der Waals surface area contributed by atoms with Crippen molar-refractivity contribution in [2.45, 2.75) is 18.9 Å². The normalized spacial score (nSPS) is 22.9. The molecule has 2 saturated heterocycles. The molecule has 0 N–H and O–H groups in total. The van der Waals surface area contributed by atoms with Gasteiger partial charge in [-0.1, -0.05) is 36.1 Å². The Bertz CT molecular complexity index is 944. The lowest BCUT2D eigenvalue weighted by Crippen LogP contribution is -2.40. The lowest BCUT2D eigenvalue weighted by atomic mass is 10.2. The third kappa shape index (κ3) is 4.79. The fourth-order valence-electron chi connectivity index (χ4n) is 3.07. The molecule has 0 bridgehead atoms. The van der Waals surface area contributed by atoms with E-state index in [2.05, 4.69) is 0 Å². The van der Waals surface area contributed by atoms with E-state index < -0.39 is 9.84 Å². The molecular formula is C18H19FN2O4S3. The third-order valence-corrected chi connectivity index (χ3v) is 7.87. The van der Waals surface area contributed by atoms with E-state index >= 15 is 0 Å². The van der Waals surface area contributed by atoms with Crippen LogP contribution in [0.3, 0.4) is 0 Å². The van der Waals surface area contributed by atoms with E-state index in [9.17, 15) is 22.4 Å². The van der Waals surface area contributed by atoms with Crippen LogP contribution in [0.2, 0.25) is 0 Å². The molecule has 2 fully saturated rings. The van der Waals surface area contributed by atoms with Crippen molar-refractivity contribution in [1.82, 2.24) is 9.80 Å². The standard InChI is InChI=1S/C18H19FN2O4S3/c1-20(14-7-9-28(24,25)11-14)16(22)6-8-21-17(23)15(27-18(21)26)10-12-2-4-13(19)5-3-12/h2-5,10,14H,6-9,11H2,1H3/b15-10-. The molecule has 3 rings (SSSR count). The zero-order chi connectivity index (χ0) is 20.5. The molecule has 2 amide bonds. The summed E-state index contributed by atoms with van der Waals surface area (Å²) in [5.41, 5.74) is 0.681. The fourth-order valence-corrected chi connectivity index (χ4v) is 6.15. The third-order valence-electron chi connectivity index (χ3n) is 4.74. The number of thiocarbonyl (C=S) groups is 1. The van der Waals surface area contributed by atoms with Crippen molar-refractivity contribution < 1.29 is 22.4 Å². The van der Waals surface area contributed by atoms with Gasteiger partial charge in [0.15, 0.2) is 9.84 Å². The largest absolute Gasteiger partial charge is 0.342 e. The van der Waals surface area contributed by atoms with Gasteiger partial charge in [0.05, 0.1) is 16.4 Å². The summed E-state index contributed by atoms with van der Waals surface area (Å²) >= 11 is 6.39. The summed E-state index contributed by atoms with van der Waals surface area (Å²) in [5, 5.41) is 0. The molecule has 2 aliphatic heterocycles. The maximum absolute atomic E-state index is 13.0. The van der Waals surface area contributed by atoms with E-state index in [1.54, 1.807) is 25.3 Å². The highest BCUT2D eigenvalue weighted by Crippen LogP contribution is 2.32. The summed E-state index contributed by atoms with van der Waals surface area (Å²) < 4.78 is 36.5. The molecule has 0 aromatic heterocycles. The number of sulfone groups is 1. The Hall–Kier alpha value is -1.78. The van der Waals surface area contributed by atoms with Crippen LogP contribution in [0.5, 0.6) is 0 Å². The van der Waals surface area contributed by atoms with E-state index in [0.717, 1.165) is 11.8 Å². The van der Waals surface area contributed by atoms with Crippen LogP contribution in [0.1, 0.15) is 18.4 Å². The minimum absolute atomic E-state index is 0.0172. The number of nitrogens with zero attached hydrogens (tertiary/aromatic N) is 2. The van der Waals surface area contributed by atoms with Crippen molar-refractivity contribution in [3.8, 4) is 0 Å². The number of hydrogen-bond acceptors (Lipinski definition) is 6. The highest BCUT2D eigenvalue weighted by atomic mass is 32.2. The lowest BCUT2D eigenvalue weighted by Gasteiger charge is -2.24. The van der Waals surface area contributed by atoms with Gasteiger partial charge in [-0.05, 0) is 30.2 Å². The van der Waals surface area contributed by atoms with Crippen molar-refractivity contribution in [3.63, 3.8) is 0 Å². The number of benzene rings is 1. The zero-order valence-electron chi connectivity index (χ0n) is 15.1. The second-order valence-electron chi connectivity index (χ2n) is 6.70. The number of amides is 2. The van der Waals surface area contributed by atoms with Crippen LogP contribution in [0.25, 0.3) is 6.08 Å². The molecule has 0 radical (unpaired) electrons. The Kier molecular flexibility index (Phi) is 6.21. The van der Waals surface area contributed by atoms with Gasteiger partial charge >= 0.3 is 0 Å². The van der Waals surface area contributed by atoms with Gasteiger partial charge in [0.25, 0.3) is 5.91 Å². The Morgan fingerprint density at radius 1 is 1.39 bits per heavy atom. The minimum Gasteiger partial charge on any atom is -0.342 e. The van der Waals surface area contributed by atoms with Gasteiger partial charge in [0, 0.05) is 26.1 Å². The smallest absolute Gasteiger partial charge is 0.266 e. The summed E-state index contributed by atoms with van der Waals surface area (Å²) in [6.07, 6.45) is 2.13. The Labute approximate surface area is 172 Å². The predicted molar refractivity (Wildman–Crippen MR) is 111 cm³/mol. The molecule has 1 aromatic carbocycles. The first-order valence-corrected chi connectivity index (χ1v) is 11.7. The SMILES string of the molecule is CN(C(=O)CCN1C(=O)/C(=C/c2ccc(F)cc2)SC1=S)C1CCS(=O)(=O)C1. The summed E-state index contributed by atoms with van der Waals surface area (Å²) in [4.78, 5) is 28.2. The predicted octanol–water partition coefficient (Wildman–Crippen LogP) is 2.06. The minimum atomic E-state index is -3.08. The average Bonchev–Trinajstić information content (AvgIpc) is 3.13. The van der Waals surface area contributed by atoms with E-state index in [1.807, 2.05) is 0 Å². The first-order chi connectivity index (χ1) is 13.2. The zero-order valence-corrected chi connectivity index (χ0v) is 17.6. The van der Waals surface area contributed by atoms with Crippen molar-refractivity contribution in [1.29, 1.82) is 0 Å². The van der Waals surface area contributed by atoms with Crippen molar-refractivity contribution in [3.05, 3.63) is 40.6 Å². The molecular weight excluding hydrogens is 423 g/mol. The molecule has 2 heterocycles. The van der Waals surface area contributed by atoms with Gasteiger partial charge in [0.1, 0.15) is 10.1 Å². The Morgan fingerprint density at radius 3 is 2.68 bits per heavy atom. The second kappa shape index (κ2) is 8.30. The van der Waals surface area contributed by atoms with Crippen LogP contribution in [-0.2, 0) is 19.4 Å². The van der Waals surface area contributed by atoms with Gasteiger partial charge in [-0.25, -0.2) is 12.8 Å². The first kappa shape index (κ1) is 20.9. The molecule has 10 heteroatoms. The summed E-state index contributed by atoms with van der Waals surface area (Å²) in [7, 11) is -1.49. The number of hydrogen-bond donors (Lipinski definition) is 0. The lowest BCUT2D eigenvalue weighted by molar-refractivity contribution is -0.132. The fraction of sp³-hybridized carbons (Fsp3) is 0.389. The van der Waals surface area contributed by atoms with Gasteiger partial charge in [0.2, 0.25) is 5.91 Å².